The number of rotatable bonds is 3. The Labute approximate surface area is 143 Å². The molecule has 98 valence electrons. The van der Waals surface area contributed by atoms with Crippen molar-refractivity contribution in [3.05, 3.63) is 65.6 Å². The highest BCUT2D eigenvalue weighted by Crippen LogP contribution is 2.24. The summed E-state index contributed by atoms with van der Waals surface area (Å²) in [4.78, 5) is 12.3. The van der Waals surface area contributed by atoms with Gasteiger partial charge in [-0.3, -0.25) is 4.79 Å². The van der Waals surface area contributed by atoms with Crippen molar-refractivity contribution in [2.75, 3.05) is 0 Å². The Hall–Kier alpha value is -0.100. The summed E-state index contributed by atoms with van der Waals surface area (Å²) < 4.78 is 1.81. The topological polar surface area (TPSA) is 17.1 Å². The molecule has 0 spiro atoms. The van der Waals surface area contributed by atoms with Crippen molar-refractivity contribution < 1.29 is 4.79 Å². The Bertz CT molecular complexity index is 643. The van der Waals surface area contributed by atoms with Crippen molar-refractivity contribution in [1.82, 2.24) is 0 Å². The number of hydrogen-bond donors (Lipinski definition) is 0. The molecule has 0 saturated carbocycles. The van der Waals surface area contributed by atoms with E-state index in [9.17, 15) is 4.79 Å². The smallest absolute Gasteiger partial charge is 0.168 e. The highest BCUT2D eigenvalue weighted by molar-refractivity contribution is 14.1. The molecule has 2 rings (SSSR count). The largest absolute Gasteiger partial charge is 0.294 e. The van der Waals surface area contributed by atoms with Crippen LogP contribution in [0.4, 0.5) is 0 Å². The summed E-state index contributed by atoms with van der Waals surface area (Å²) in [5.41, 5.74) is 1.48. The Morgan fingerprint density at radius 2 is 1.89 bits per heavy atom. The van der Waals surface area contributed by atoms with Crippen LogP contribution in [0.1, 0.15) is 15.9 Å². The predicted molar refractivity (Wildman–Crippen MR) is 91.4 cm³/mol. The molecule has 0 unspecified atom stereocenters. The lowest BCUT2D eigenvalue weighted by atomic mass is 10.0. The van der Waals surface area contributed by atoms with Crippen molar-refractivity contribution in [1.29, 1.82) is 0 Å². The monoisotopic (exact) mass is 468 g/mol. The van der Waals surface area contributed by atoms with E-state index < -0.39 is 0 Å². The highest BCUT2D eigenvalue weighted by Gasteiger charge is 2.13. The maximum atomic E-state index is 12.3. The first-order valence-corrected chi connectivity index (χ1v) is 8.02. The Morgan fingerprint density at radius 1 is 1.16 bits per heavy atom. The first-order valence-electron chi connectivity index (χ1n) is 5.39. The molecule has 5 heteroatoms. The number of Topliss-reactive ketones (excluding diaryl/α,β-unsaturated/α-hetero) is 1. The van der Waals surface area contributed by atoms with E-state index in [0.29, 0.717) is 15.6 Å². The quantitative estimate of drug-likeness (QED) is 0.411. The minimum absolute atomic E-state index is 0.0370. The molecule has 0 aliphatic heterocycles. The van der Waals surface area contributed by atoms with Gasteiger partial charge >= 0.3 is 0 Å². The fourth-order valence-electron chi connectivity index (χ4n) is 1.64. The van der Waals surface area contributed by atoms with Crippen LogP contribution in [0.2, 0.25) is 10.0 Å². The lowest BCUT2D eigenvalue weighted by Gasteiger charge is -2.07. The van der Waals surface area contributed by atoms with E-state index in [1.807, 2.05) is 18.2 Å². The molecule has 0 bridgehead atoms. The van der Waals surface area contributed by atoms with Crippen molar-refractivity contribution in [3.8, 4) is 0 Å². The van der Waals surface area contributed by atoms with Gasteiger partial charge in [-0.2, -0.15) is 0 Å². The number of benzene rings is 2. The van der Waals surface area contributed by atoms with Gasteiger partial charge in [0.05, 0.1) is 0 Å². The minimum Gasteiger partial charge on any atom is -0.294 e. The van der Waals surface area contributed by atoms with Crippen LogP contribution >= 0.6 is 61.7 Å². The Morgan fingerprint density at radius 3 is 2.58 bits per heavy atom. The average molecular weight is 470 g/mol. The molecular weight excluding hydrogens is 462 g/mol. The Balaban J connectivity index is 2.28. The van der Waals surface area contributed by atoms with Crippen LogP contribution in [0.25, 0.3) is 0 Å². The van der Waals surface area contributed by atoms with Crippen LogP contribution in [-0.2, 0) is 6.42 Å². The normalized spacial score (nSPS) is 10.5. The van der Waals surface area contributed by atoms with E-state index >= 15 is 0 Å². The number of carbonyl (C=O) groups is 1. The van der Waals surface area contributed by atoms with Gasteiger partial charge in [0.1, 0.15) is 0 Å². The molecule has 0 saturated heterocycles. The maximum absolute atomic E-state index is 12.3. The van der Waals surface area contributed by atoms with Gasteiger partial charge < -0.3 is 0 Å². The average Bonchev–Trinajstić information content (AvgIpc) is 2.35. The van der Waals surface area contributed by atoms with E-state index in [-0.39, 0.29) is 12.2 Å². The van der Waals surface area contributed by atoms with Crippen molar-refractivity contribution in [3.63, 3.8) is 0 Å². The van der Waals surface area contributed by atoms with E-state index in [1.54, 1.807) is 18.2 Å². The van der Waals surface area contributed by atoms with Gasteiger partial charge in [-0.15, -0.1) is 0 Å². The van der Waals surface area contributed by atoms with Gasteiger partial charge in [-0.25, -0.2) is 0 Å². The van der Waals surface area contributed by atoms with Gasteiger partial charge in [0.15, 0.2) is 5.78 Å². The van der Waals surface area contributed by atoms with Gasteiger partial charge in [0.2, 0.25) is 0 Å². The van der Waals surface area contributed by atoms with Crippen LogP contribution in [0.15, 0.2) is 40.9 Å². The third kappa shape index (κ3) is 3.94. The molecule has 0 atom stereocenters. The van der Waals surface area contributed by atoms with E-state index in [2.05, 4.69) is 38.5 Å². The molecule has 2 aromatic carbocycles. The number of hydrogen-bond acceptors (Lipinski definition) is 1. The number of carbonyl (C=O) groups excluding carboxylic acids is 1. The van der Waals surface area contributed by atoms with Crippen molar-refractivity contribution >= 4 is 67.5 Å². The molecule has 1 nitrogen and oxygen atoms in total. The molecule has 0 heterocycles. The Kier molecular flexibility index (Phi) is 5.29. The van der Waals surface area contributed by atoms with Crippen LogP contribution in [0.5, 0.6) is 0 Å². The molecule has 0 aliphatic rings. The van der Waals surface area contributed by atoms with E-state index in [1.165, 1.54) is 0 Å². The van der Waals surface area contributed by atoms with E-state index in [0.717, 1.165) is 13.6 Å². The summed E-state index contributed by atoms with van der Waals surface area (Å²) >= 11 is 17.5. The summed E-state index contributed by atoms with van der Waals surface area (Å²) in [6, 6.07) is 10.8. The van der Waals surface area contributed by atoms with Gasteiger partial charge in [-0.1, -0.05) is 45.2 Å². The maximum Gasteiger partial charge on any atom is 0.168 e. The summed E-state index contributed by atoms with van der Waals surface area (Å²) in [5, 5.41) is 1.09. The fourth-order valence-corrected chi connectivity index (χ4v) is 3.12. The van der Waals surface area contributed by atoms with Gasteiger partial charge in [0.25, 0.3) is 0 Å². The molecule has 0 aliphatic carbocycles. The standard InChI is InChI=1S/C14H8BrCl2IO/c15-9-2-4-13(18)11(6-9)14(19)5-8-1-3-10(16)7-12(8)17/h1-4,6-7H,5H2. The second kappa shape index (κ2) is 6.57. The van der Waals surface area contributed by atoms with Gasteiger partial charge in [0, 0.05) is 30.1 Å². The summed E-state index contributed by atoms with van der Waals surface area (Å²) in [5.74, 6) is 0.0370. The predicted octanol–water partition coefficient (Wildman–Crippen LogP) is 5.79. The second-order valence-electron chi connectivity index (χ2n) is 3.96. The second-order valence-corrected chi connectivity index (χ2v) is 6.88. The zero-order chi connectivity index (χ0) is 14.0. The van der Waals surface area contributed by atoms with Crippen molar-refractivity contribution in [2.45, 2.75) is 6.42 Å². The highest BCUT2D eigenvalue weighted by atomic mass is 127. The van der Waals surface area contributed by atoms with Crippen LogP contribution in [0, 0.1) is 3.57 Å². The molecule has 0 N–H and O–H groups in total. The van der Waals surface area contributed by atoms with Crippen LogP contribution < -0.4 is 0 Å². The first-order chi connectivity index (χ1) is 8.97. The molecule has 2 aromatic rings. The zero-order valence-corrected chi connectivity index (χ0v) is 14.8. The number of halogens is 4. The molecule has 0 radical (unpaired) electrons. The van der Waals surface area contributed by atoms with Crippen LogP contribution in [0.3, 0.4) is 0 Å². The molecule has 0 fully saturated rings. The SMILES string of the molecule is O=C(Cc1ccc(Cl)cc1Cl)c1cc(Br)ccc1I. The summed E-state index contributed by atoms with van der Waals surface area (Å²) in [6.45, 7) is 0. The molecular formula is C14H8BrCl2IO. The lowest BCUT2D eigenvalue weighted by Crippen LogP contribution is -2.06. The first kappa shape index (κ1) is 15.3. The lowest BCUT2D eigenvalue weighted by molar-refractivity contribution is 0.0992. The minimum atomic E-state index is 0.0370. The van der Waals surface area contributed by atoms with Crippen molar-refractivity contribution in [2.24, 2.45) is 0 Å². The molecule has 0 amide bonds. The summed E-state index contributed by atoms with van der Waals surface area (Å²) in [7, 11) is 0. The summed E-state index contributed by atoms with van der Waals surface area (Å²) in [6.07, 6.45) is 0.266. The molecule has 0 aromatic heterocycles. The third-order valence-corrected chi connectivity index (χ3v) is 4.62. The fraction of sp³-hybridized carbons (Fsp3) is 0.0714. The van der Waals surface area contributed by atoms with E-state index in [4.69, 9.17) is 23.2 Å². The zero-order valence-electron chi connectivity index (χ0n) is 9.59. The molecule has 19 heavy (non-hydrogen) atoms. The third-order valence-electron chi connectivity index (χ3n) is 2.59. The van der Waals surface area contributed by atoms with Gasteiger partial charge in [-0.05, 0) is 58.5 Å². The van der Waals surface area contributed by atoms with Crippen LogP contribution in [-0.4, -0.2) is 5.78 Å². The number of ketones is 1.